The third-order valence-corrected chi connectivity index (χ3v) is 14.3. The third kappa shape index (κ3) is 10.3. The van der Waals surface area contributed by atoms with Crippen molar-refractivity contribution in [3.05, 3.63) is 112 Å². The number of pyridine rings is 1. The van der Waals surface area contributed by atoms with Crippen LogP contribution in [0.3, 0.4) is 0 Å². The van der Waals surface area contributed by atoms with Crippen LogP contribution in [0, 0.1) is 18.3 Å². The van der Waals surface area contributed by atoms with E-state index >= 15 is 0 Å². The van der Waals surface area contributed by atoms with Gasteiger partial charge in [-0.25, -0.2) is 18.1 Å². The molecule has 0 spiro atoms. The molecule has 5 aromatic rings. The lowest BCUT2D eigenvalue weighted by Gasteiger charge is -2.39. The Kier molecular flexibility index (Phi) is 12.3. The first kappa shape index (κ1) is 42.8. The quantitative estimate of drug-likeness (QED) is 0.112. The average Bonchev–Trinajstić information content (AvgIpc) is 3.70. The van der Waals surface area contributed by atoms with Gasteiger partial charge in [0, 0.05) is 61.1 Å². The summed E-state index contributed by atoms with van der Waals surface area (Å²) in [7, 11) is -4.27. The Morgan fingerprint density at radius 2 is 1.70 bits per heavy atom. The van der Waals surface area contributed by atoms with Gasteiger partial charge in [-0.1, -0.05) is 43.2 Å². The summed E-state index contributed by atoms with van der Waals surface area (Å²) < 4.78 is 42.1. The maximum absolute atomic E-state index is 13.9. The molecular weight excluding hydrogens is 810 g/mol. The second-order valence-corrected chi connectivity index (χ2v) is 20.3. The van der Waals surface area contributed by atoms with Crippen LogP contribution in [0.25, 0.3) is 16.6 Å². The van der Waals surface area contributed by atoms with E-state index in [9.17, 15) is 18.3 Å². The van der Waals surface area contributed by atoms with Gasteiger partial charge in [-0.15, -0.1) is 0 Å². The Morgan fingerprint density at radius 1 is 0.951 bits per heavy atom. The molecule has 1 saturated carbocycles. The maximum Gasteiger partial charge on any atom is 0.268 e. The summed E-state index contributed by atoms with van der Waals surface area (Å²) in [6, 6.07) is 21.8. The van der Waals surface area contributed by atoms with Gasteiger partial charge < -0.3 is 24.5 Å². The minimum Gasteiger partial charge on any atom is -0.493 e. The summed E-state index contributed by atoms with van der Waals surface area (Å²) in [4.78, 5) is 26.2. The van der Waals surface area contributed by atoms with Crippen molar-refractivity contribution < 1.29 is 27.8 Å². The number of nitrogens with one attached hydrogen (secondary N) is 2. The highest BCUT2D eigenvalue weighted by Crippen LogP contribution is 2.43. The molecule has 3 aromatic carbocycles. The van der Waals surface area contributed by atoms with E-state index in [4.69, 9.17) is 21.1 Å². The highest BCUT2D eigenvalue weighted by atomic mass is 35.5. The van der Waals surface area contributed by atoms with Crippen molar-refractivity contribution in [2.45, 2.75) is 83.1 Å². The number of allylic oxidation sites excluding steroid dienone is 1. The zero-order chi connectivity index (χ0) is 42.9. The molecule has 2 fully saturated rings. The number of amides is 1. The standard InChI is InChI=1S/C48H56ClN5O6S/c1-32-25-40(10-12-43(32)59-31-33-13-18-48(4,56)19-14-33)61(57,58)52-46(55)41-11-9-38(27-44(41)60-39-26-35-16-20-50-45(35)51-29-39)54-23-21-53(22-24-54)30-36-15-17-47(2,3)28-42(36)34-5-7-37(49)8-6-34/h5-12,16,20,25-27,29,33,56H,13-15,17-19,21-24,28,30-31H2,1-4H3,(H,50,51)(H,52,55)/t33-,48+. The van der Waals surface area contributed by atoms with Gasteiger partial charge in [-0.3, -0.25) is 9.69 Å². The van der Waals surface area contributed by atoms with Crippen molar-refractivity contribution in [3.8, 4) is 17.2 Å². The van der Waals surface area contributed by atoms with Gasteiger partial charge in [-0.2, -0.15) is 0 Å². The lowest BCUT2D eigenvalue weighted by atomic mass is 9.72. The summed E-state index contributed by atoms with van der Waals surface area (Å²) in [5, 5.41) is 11.9. The summed E-state index contributed by atoms with van der Waals surface area (Å²) in [6.07, 6.45) is 9.83. The molecule has 1 amide bonds. The number of aromatic nitrogens is 2. The molecular formula is C48H56ClN5O6S. The number of H-pyrrole nitrogens is 1. The van der Waals surface area contributed by atoms with Crippen LogP contribution < -0.4 is 19.1 Å². The molecule has 8 rings (SSSR count). The molecule has 2 aromatic heterocycles. The van der Waals surface area contributed by atoms with E-state index < -0.39 is 21.5 Å². The van der Waals surface area contributed by atoms with Crippen molar-refractivity contribution in [2.24, 2.45) is 11.3 Å². The summed E-state index contributed by atoms with van der Waals surface area (Å²) in [6.45, 7) is 13.0. The largest absolute Gasteiger partial charge is 0.493 e. The molecule has 0 atom stereocenters. The first-order valence-electron chi connectivity index (χ1n) is 21.3. The number of halogens is 1. The zero-order valence-corrected chi connectivity index (χ0v) is 37.0. The summed E-state index contributed by atoms with van der Waals surface area (Å²) >= 11 is 6.25. The smallest absolute Gasteiger partial charge is 0.268 e. The second kappa shape index (κ2) is 17.5. The van der Waals surface area contributed by atoms with Crippen LogP contribution in [0.4, 0.5) is 5.69 Å². The monoisotopic (exact) mass is 865 g/mol. The molecule has 1 saturated heterocycles. The van der Waals surface area contributed by atoms with E-state index in [1.54, 1.807) is 31.5 Å². The normalized spacial score (nSPS) is 21.1. The number of rotatable bonds is 12. The van der Waals surface area contributed by atoms with Crippen LogP contribution in [0.15, 0.2) is 95.7 Å². The Labute approximate surface area is 364 Å². The number of aliphatic hydroxyl groups is 1. The van der Waals surface area contributed by atoms with E-state index in [1.807, 2.05) is 43.3 Å². The number of aryl methyl sites for hydroxylation is 1. The number of sulfonamides is 1. The number of aromatic amines is 1. The van der Waals surface area contributed by atoms with Crippen molar-refractivity contribution in [3.63, 3.8) is 0 Å². The van der Waals surface area contributed by atoms with Crippen LogP contribution in [-0.2, 0) is 10.0 Å². The number of carbonyl (C=O) groups is 1. The minimum absolute atomic E-state index is 0.0496. The molecule has 3 N–H and O–H groups in total. The maximum atomic E-state index is 13.9. The molecule has 11 nitrogen and oxygen atoms in total. The number of nitrogens with zero attached hydrogens (tertiary/aromatic N) is 3. The number of hydrogen-bond acceptors (Lipinski definition) is 9. The molecule has 1 aliphatic heterocycles. The predicted octanol–water partition coefficient (Wildman–Crippen LogP) is 9.54. The Balaban J connectivity index is 0.974. The van der Waals surface area contributed by atoms with Gasteiger partial charge in [0.1, 0.15) is 22.9 Å². The highest BCUT2D eigenvalue weighted by molar-refractivity contribution is 7.90. The SMILES string of the molecule is Cc1cc(S(=O)(=O)NC(=O)c2ccc(N3CCN(CC4=C(c5ccc(Cl)cc5)CC(C)(C)CC4)CC3)cc2Oc2cnc3[nH]ccc3c2)ccc1OC[C@H]1CC[C@@](C)(O)CC1. The zero-order valence-electron chi connectivity index (χ0n) is 35.5. The summed E-state index contributed by atoms with van der Waals surface area (Å²) in [5.41, 5.74) is 6.09. The van der Waals surface area contributed by atoms with Gasteiger partial charge in [-0.05, 0) is 141 Å². The van der Waals surface area contributed by atoms with Gasteiger partial charge in [0.05, 0.1) is 28.9 Å². The fourth-order valence-electron chi connectivity index (χ4n) is 8.84. The van der Waals surface area contributed by atoms with Gasteiger partial charge >= 0.3 is 0 Å². The second-order valence-electron chi connectivity index (χ2n) is 18.2. The van der Waals surface area contributed by atoms with E-state index in [-0.39, 0.29) is 21.6 Å². The number of hydrogen-bond donors (Lipinski definition) is 3. The predicted molar refractivity (Wildman–Crippen MR) is 241 cm³/mol. The van der Waals surface area contributed by atoms with E-state index in [2.05, 4.69) is 50.5 Å². The van der Waals surface area contributed by atoms with Crippen LogP contribution in [0.5, 0.6) is 17.2 Å². The molecule has 0 radical (unpaired) electrons. The van der Waals surface area contributed by atoms with Crippen molar-refractivity contribution in [2.75, 3.05) is 44.2 Å². The van der Waals surface area contributed by atoms with Crippen molar-refractivity contribution in [1.82, 2.24) is 19.6 Å². The first-order valence-corrected chi connectivity index (χ1v) is 23.2. The Morgan fingerprint density at radius 3 is 2.44 bits per heavy atom. The Bertz CT molecular complexity index is 2530. The fourth-order valence-corrected chi connectivity index (χ4v) is 10.0. The topological polar surface area (TPSA) is 137 Å². The number of fused-ring (bicyclic) bond motifs is 1. The number of ether oxygens (including phenoxy) is 2. The van der Waals surface area contributed by atoms with Gasteiger partial charge in [0.25, 0.3) is 15.9 Å². The van der Waals surface area contributed by atoms with Gasteiger partial charge in [0.15, 0.2) is 0 Å². The summed E-state index contributed by atoms with van der Waals surface area (Å²) in [5.74, 6) is 0.726. The number of carbonyl (C=O) groups excluding carboxylic acids is 1. The highest BCUT2D eigenvalue weighted by Gasteiger charge is 2.31. The minimum atomic E-state index is -4.27. The van der Waals surface area contributed by atoms with Crippen LogP contribution in [0.2, 0.25) is 5.02 Å². The van der Waals surface area contributed by atoms with E-state index in [0.717, 1.165) is 93.8 Å². The van der Waals surface area contributed by atoms with Crippen LogP contribution in [-0.4, -0.2) is 79.2 Å². The average molecular weight is 867 g/mol. The van der Waals surface area contributed by atoms with Crippen LogP contribution >= 0.6 is 11.6 Å². The first-order chi connectivity index (χ1) is 29.1. The molecule has 0 unspecified atom stereocenters. The lowest BCUT2D eigenvalue weighted by Crippen LogP contribution is -2.47. The molecule has 13 heteroatoms. The van der Waals surface area contributed by atoms with Crippen molar-refractivity contribution in [1.29, 1.82) is 0 Å². The Hall–Kier alpha value is -4.88. The third-order valence-electron chi connectivity index (χ3n) is 12.7. The van der Waals surface area contributed by atoms with Gasteiger partial charge in [0.2, 0.25) is 0 Å². The number of piperazine rings is 1. The molecule has 0 bridgehead atoms. The number of anilines is 1. The molecule has 3 heterocycles. The van der Waals surface area contributed by atoms with E-state index in [0.29, 0.717) is 35.2 Å². The van der Waals surface area contributed by atoms with E-state index in [1.165, 1.54) is 28.8 Å². The van der Waals surface area contributed by atoms with Crippen molar-refractivity contribution >= 4 is 49.8 Å². The molecule has 61 heavy (non-hydrogen) atoms. The molecule has 3 aliphatic rings. The lowest BCUT2D eigenvalue weighted by molar-refractivity contribution is 0.00148. The fraction of sp³-hybridized carbons (Fsp3) is 0.417. The number of benzene rings is 3. The van der Waals surface area contributed by atoms with Crippen LogP contribution in [0.1, 0.15) is 87.2 Å². The molecule has 322 valence electrons. The molecule has 2 aliphatic carbocycles.